The first-order valence-corrected chi connectivity index (χ1v) is 0.775. The average Bonchev–Trinajstić information content (AvgIpc) is 0.811. The summed E-state index contributed by atoms with van der Waals surface area (Å²) in [7, 11) is -2.17. The van der Waals surface area contributed by atoms with E-state index in [0.717, 1.165) is 0 Å². The van der Waals surface area contributed by atoms with Crippen LogP contribution in [-0.2, 0) is 0 Å². The van der Waals surface area contributed by atoms with E-state index < -0.39 is 7.32 Å². The van der Waals surface area contributed by atoms with E-state index in [-0.39, 0.29) is 57.0 Å². The molecule has 0 bridgehead atoms. The molecule has 0 unspecified atom stereocenters. The molecule has 0 aliphatic heterocycles. The van der Waals surface area contributed by atoms with Crippen molar-refractivity contribution in [2.45, 2.75) is 0 Å². The third kappa shape index (κ3) is 40.9. The van der Waals surface area contributed by atoms with Gasteiger partial charge in [0, 0.05) is 38.2 Å². The summed E-state index contributed by atoms with van der Waals surface area (Å²) in [5.74, 6) is 0. The van der Waals surface area contributed by atoms with Gasteiger partial charge < -0.3 is 15.1 Å². The predicted octanol–water partition coefficient (Wildman–Crippen LogP) is -2.70. The van der Waals surface area contributed by atoms with E-state index in [1.165, 1.54) is 0 Å². The van der Waals surface area contributed by atoms with Crippen LogP contribution in [0.5, 0.6) is 0 Å². The van der Waals surface area contributed by atoms with Crippen molar-refractivity contribution in [2.24, 2.45) is 0 Å². The maximum atomic E-state index is 7.17. The first kappa shape index (κ1) is 15.7. The summed E-state index contributed by atoms with van der Waals surface area (Å²) in [5.41, 5.74) is 0. The quantitative estimate of drug-likeness (QED) is 0.398. The van der Waals surface area contributed by atoms with Crippen molar-refractivity contribution in [2.75, 3.05) is 0 Å². The molecule has 0 aromatic rings. The van der Waals surface area contributed by atoms with E-state index in [9.17, 15) is 0 Å². The van der Waals surface area contributed by atoms with E-state index in [4.69, 9.17) is 15.1 Å². The van der Waals surface area contributed by atoms with E-state index >= 15 is 0 Å². The van der Waals surface area contributed by atoms with Gasteiger partial charge in [-0.15, -0.1) is 0 Å². The third-order valence-corrected chi connectivity index (χ3v) is 0. The van der Waals surface area contributed by atoms with E-state index in [1.807, 2.05) is 0 Å². The van der Waals surface area contributed by atoms with Crippen LogP contribution in [0.3, 0.4) is 0 Å². The fraction of sp³-hybridized carbons (Fsp3) is 0. The molecule has 6 heteroatoms. The van der Waals surface area contributed by atoms with Crippen LogP contribution in [-0.4, -0.2) is 41.3 Å². The molecular formula is H4BDyLiO3. The van der Waals surface area contributed by atoms with Crippen LogP contribution in [0.15, 0.2) is 0 Å². The van der Waals surface area contributed by atoms with Crippen molar-refractivity contribution in [1.29, 1.82) is 0 Å². The fourth-order valence-corrected chi connectivity index (χ4v) is 0. The van der Waals surface area contributed by atoms with Gasteiger partial charge in [0.25, 0.3) is 0 Å². The monoisotopic (exact) mass is 234 g/mol. The molecule has 0 amide bonds. The Kier molecular flexibility index (Phi) is 25.9. The Bertz CT molecular complexity index is 15.5. The molecule has 0 atom stereocenters. The molecule has 0 rings (SSSR count). The second-order valence-corrected chi connectivity index (χ2v) is 0.346. The molecule has 0 heterocycles. The molecular weight excluding hydrogens is 228 g/mol. The molecule has 0 spiro atoms. The van der Waals surface area contributed by atoms with Crippen molar-refractivity contribution in [1.82, 2.24) is 0 Å². The molecule has 36 valence electrons. The molecule has 0 aromatic carbocycles. The number of rotatable bonds is 0. The minimum absolute atomic E-state index is 0. The molecule has 6 heavy (non-hydrogen) atoms. The topological polar surface area (TPSA) is 60.7 Å². The van der Waals surface area contributed by atoms with E-state index in [0.29, 0.717) is 0 Å². The third-order valence-electron chi connectivity index (χ3n) is 0. The second-order valence-electron chi connectivity index (χ2n) is 0.346. The molecule has 0 fully saturated rings. The van der Waals surface area contributed by atoms with Crippen LogP contribution in [0.4, 0.5) is 0 Å². The Labute approximate surface area is 78.5 Å². The standard InChI is InChI=1S/BH3O3.Dy.Li.H/c2-1(3)4;;;/h2-4H;;;. The van der Waals surface area contributed by atoms with Crippen molar-refractivity contribution in [3.05, 3.63) is 0 Å². The van der Waals surface area contributed by atoms with Gasteiger partial charge in [0.2, 0.25) is 0 Å². The number of hydrogen-bond acceptors (Lipinski definition) is 3. The van der Waals surface area contributed by atoms with Crippen LogP contribution < -0.4 is 0 Å². The van der Waals surface area contributed by atoms with Crippen molar-refractivity contribution in [3.63, 3.8) is 0 Å². The Morgan fingerprint density at radius 3 is 1.00 bits per heavy atom. The summed E-state index contributed by atoms with van der Waals surface area (Å²) in [6, 6.07) is 0. The van der Waals surface area contributed by atoms with Gasteiger partial charge in [0.05, 0.1) is 0 Å². The Morgan fingerprint density at radius 1 is 1.00 bits per heavy atom. The van der Waals surface area contributed by atoms with E-state index in [1.54, 1.807) is 0 Å². The first-order valence-electron chi connectivity index (χ1n) is 0.775. The van der Waals surface area contributed by atoms with Gasteiger partial charge in [0.1, 0.15) is 0 Å². The fourth-order valence-electron chi connectivity index (χ4n) is 0. The normalized spacial score (nSPS) is 4.50. The minimum atomic E-state index is -2.17. The van der Waals surface area contributed by atoms with Gasteiger partial charge in [-0.25, -0.2) is 0 Å². The van der Waals surface area contributed by atoms with Crippen LogP contribution in [0, 0.1) is 38.2 Å². The molecule has 0 saturated heterocycles. The first-order chi connectivity index (χ1) is 1.73. The predicted molar refractivity (Wildman–Crippen MR) is 19.6 cm³/mol. The summed E-state index contributed by atoms with van der Waals surface area (Å²) in [6.45, 7) is 0. The molecule has 0 aliphatic rings. The van der Waals surface area contributed by atoms with Gasteiger partial charge >= 0.3 is 26.2 Å². The summed E-state index contributed by atoms with van der Waals surface area (Å²) in [4.78, 5) is 0. The maximum absolute atomic E-state index is 7.17. The zero-order chi connectivity index (χ0) is 3.58. The van der Waals surface area contributed by atoms with Crippen molar-refractivity contribution >= 4 is 26.2 Å². The molecule has 3 nitrogen and oxygen atoms in total. The molecule has 3 N–H and O–H groups in total. The van der Waals surface area contributed by atoms with Gasteiger partial charge in [-0.2, -0.15) is 0 Å². The molecule has 0 saturated carbocycles. The molecule has 0 aromatic heterocycles. The van der Waals surface area contributed by atoms with Crippen LogP contribution in [0.1, 0.15) is 0 Å². The van der Waals surface area contributed by atoms with Crippen LogP contribution in [0.2, 0.25) is 0 Å². The van der Waals surface area contributed by atoms with Gasteiger partial charge in [-0.3, -0.25) is 0 Å². The second kappa shape index (κ2) is 9.94. The average molecular weight is 232 g/mol. The summed E-state index contributed by atoms with van der Waals surface area (Å²) >= 11 is 0. The van der Waals surface area contributed by atoms with Gasteiger partial charge in [-0.05, 0) is 0 Å². The van der Waals surface area contributed by atoms with Gasteiger partial charge in [0.15, 0.2) is 0 Å². The summed E-state index contributed by atoms with van der Waals surface area (Å²) < 4.78 is 0. The zero-order valence-electron chi connectivity index (χ0n) is 2.24. The Balaban J connectivity index is -0.0000000450. The van der Waals surface area contributed by atoms with Crippen LogP contribution >= 0.6 is 0 Å². The number of hydrogen-bond donors (Lipinski definition) is 3. The van der Waals surface area contributed by atoms with Crippen molar-refractivity contribution < 1.29 is 53.2 Å². The molecule has 0 radical (unpaired) electrons. The van der Waals surface area contributed by atoms with Crippen molar-refractivity contribution in [3.8, 4) is 0 Å². The Morgan fingerprint density at radius 2 is 1.00 bits per heavy atom. The Hall–Kier alpha value is 1.82. The SMILES string of the molecule is OB(O)O.[Dy].[LiH]. The summed E-state index contributed by atoms with van der Waals surface area (Å²) in [5, 5.41) is 21.5. The van der Waals surface area contributed by atoms with E-state index in [2.05, 4.69) is 0 Å². The van der Waals surface area contributed by atoms with Crippen LogP contribution in [0.25, 0.3) is 0 Å². The summed E-state index contributed by atoms with van der Waals surface area (Å²) in [6.07, 6.45) is 0. The zero-order valence-corrected chi connectivity index (χ0v) is 4.26. The molecule has 0 aliphatic carbocycles. The van der Waals surface area contributed by atoms with Gasteiger partial charge in [-0.1, -0.05) is 0 Å².